The number of rotatable bonds is 41. The molecule has 1 rings (SSSR count). The number of nitrogens with one attached hydrogen (secondary N) is 1. The van der Waals surface area contributed by atoms with E-state index in [4.69, 9.17) is 9.47 Å². The van der Waals surface area contributed by atoms with Crippen LogP contribution < -0.4 is 5.32 Å². The lowest BCUT2D eigenvalue weighted by molar-refractivity contribution is -0.303. The molecule has 0 bridgehead atoms. The number of unbranched alkanes of at least 4 members (excludes halogenated alkanes) is 29. The number of hydrogen-bond donors (Lipinski definition) is 8. The van der Waals surface area contributed by atoms with Gasteiger partial charge in [0.15, 0.2) is 6.29 Å². The monoisotopic (exact) mass is 832 g/mol. The van der Waals surface area contributed by atoms with Crippen molar-refractivity contribution >= 4 is 5.91 Å². The van der Waals surface area contributed by atoms with Gasteiger partial charge in [-0.05, 0) is 12.8 Å². The second-order valence-corrected chi connectivity index (χ2v) is 17.5. The normalized spacial score (nSPS) is 21.8. The molecule has 1 fully saturated rings. The predicted molar refractivity (Wildman–Crippen MR) is 233 cm³/mol. The molecule has 11 nitrogen and oxygen atoms in total. The lowest BCUT2D eigenvalue weighted by Gasteiger charge is -2.40. The summed E-state index contributed by atoms with van der Waals surface area (Å²) in [5, 5.41) is 75.1. The van der Waals surface area contributed by atoms with Crippen molar-refractivity contribution in [2.45, 2.75) is 281 Å². The highest BCUT2D eigenvalue weighted by Gasteiger charge is 2.44. The van der Waals surface area contributed by atoms with E-state index in [1.54, 1.807) is 0 Å². The molecule has 1 saturated heterocycles. The van der Waals surface area contributed by atoms with Crippen molar-refractivity contribution in [2.24, 2.45) is 0 Å². The highest BCUT2D eigenvalue weighted by atomic mass is 16.7. The van der Waals surface area contributed by atoms with Crippen LogP contribution >= 0.6 is 0 Å². The number of carbonyl (C=O) groups is 1. The molecule has 0 aromatic heterocycles. The van der Waals surface area contributed by atoms with Crippen molar-refractivity contribution in [1.29, 1.82) is 0 Å². The molecule has 346 valence electrons. The minimum absolute atomic E-state index is 0.265. The van der Waals surface area contributed by atoms with Crippen LogP contribution in [0.3, 0.4) is 0 Å². The van der Waals surface area contributed by atoms with Crippen LogP contribution in [0.1, 0.15) is 226 Å². The summed E-state index contributed by atoms with van der Waals surface area (Å²) in [7, 11) is 0. The van der Waals surface area contributed by atoms with Crippen LogP contribution in [0.15, 0.2) is 0 Å². The van der Waals surface area contributed by atoms with Crippen molar-refractivity contribution in [3.63, 3.8) is 0 Å². The Balaban J connectivity index is 2.18. The third kappa shape index (κ3) is 27.1. The molecule has 11 heteroatoms. The van der Waals surface area contributed by atoms with Crippen molar-refractivity contribution in [1.82, 2.24) is 5.32 Å². The van der Waals surface area contributed by atoms with Crippen molar-refractivity contribution in [3.05, 3.63) is 0 Å². The Morgan fingerprint density at radius 2 is 0.897 bits per heavy atom. The summed E-state index contributed by atoms with van der Waals surface area (Å²) in [5.74, 6) is -0.698. The van der Waals surface area contributed by atoms with Gasteiger partial charge in [0.2, 0.25) is 5.91 Å². The van der Waals surface area contributed by atoms with Gasteiger partial charge in [-0.3, -0.25) is 4.79 Å². The number of carbonyl (C=O) groups excluding carboxylic acids is 1. The summed E-state index contributed by atoms with van der Waals surface area (Å²) >= 11 is 0. The van der Waals surface area contributed by atoms with E-state index in [1.165, 1.54) is 141 Å². The number of ether oxygens (including phenoxy) is 2. The van der Waals surface area contributed by atoms with Gasteiger partial charge in [0, 0.05) is 0 Å². The van der Waals surface area contributed by atoms with E-state index in [9.17, 15) is 40.5 Å². The fraction of sp³-hybridized carbons (Fsp3) is 0.979. The SMILES string of the molecule is CCCCCCCCCCCCCCCCCCCCCCCCCCCCC(O)C(=O)NC(COC1OC(CO)C(O)C(O)C1O)C(O)C(O)CCCCCCC. The van der Waals surface area contributed by atoms with Gasteiger partial charge in [0.25, 0.3) is 0 Å². The van der Waals surface area contributed by atoms with Gasteiger partial charge in [0.05, 0.1) is 25.4 Å². The maximum atomic E-state index is 13.0. The zero-order valence-corrected chi connectivity index (χ0v) is 37.3. The number of hydrogen-bond acceptors (Lipinski definition) is 10. The Morgan fingerprint density at radius 1 is 0.534 bits per heavy atom. The molecular weight excluding hydrogens is 739 g/mol. The molecule has 0 radical (unpaired) electrons. The number of aliphatic hydroxyl groups excluding tert-OH is 7. The van der Waals surface area contributed by atoms with Gasteiger partial charge >= 0.3 is 0 Å². The largest absolute Gasteiger partial charge is 0.394 e. The maximum absolute atomic E-state index is 13.0. The van der Waals surface area contributed by atoms with Crippen LogP contribution in [-0.4, -0.2) is 110 Å². The molecule has 0 aromatic rings. The van der Waals surface area contributed by atoms with Crippen LogP contribution in [0.2, 0.25) is 0 Å². The lowest BCUT2D eigenvalue weighted by atomic mass is 9.98. The first-order chi connectivity index (χ1) is 28.2. The van der Waals surface area contributed by atoms with E-state index in [2.05, 4.69) is 19.2 Å². The molecule has 9 atom stereocenters. The third-order valence-electron chi connectivity index (χ3n) is 12.2. The van der Waals surface area contributed by atoms with E-state index >= 15 is 0 Å². The summed E-state index contributed by atoms with van der Waals surface area (Å²) in [6.45, 7) is 3.34. The lowest BCUT2D eigenvalue weighted by Crippen LogP contribution is -2.60. The first kappa shape index (κ1) is 55.1. The summed E-state index contributed by atoms with van der Waals surface area (Å²) in [5.41, 5.74) is 0. The van der Waals surface area contributed by atoms with Crippen molar-refractivity contribution in [2.75, 3.05) is 13.2 Å². The van der Waals surface area contributed by atoms with E-state index in [1.807, 2.05) is 0 Å². The van der Waals surface area contributed by atoms with Crippen molar-refractivity contribution in [3.8, 4) is 0 Å². The average molecular weight is 832 g/mol. The van der Waals surface area contributed by atoms with E-state index in [-0.39, 0.29) is 6.42 Å². The summed E-state index contributed by atoms with van der Waals surface area (Å²) in [6.07, 6.45) is 28.1. The maximum Gasteiger partial charge on any atom is 0.249 e. The Kier molecular flexibility index (Phi) is 36.0. The second kappa shape index (κ2) is 37.8. The van der Waals surface area contributed by atoms with Gasteiger partial charge in [0.1, 0.15) is 36.6 Å². The Hall–Kier alpha value is -0.890. The first-order valence-electron chi connectivity index (χ1n) is 24.4. The molecule has 0 saturated carbocycles. The molecule has 1 heterocycles. The summed E-state index contributed by atoms with van der Waals surface area (Å²) in [4.78, 5) is 13.0. The van der Waals surface area contributed by atoms with Crippen molar-refractivity contribution < 1.29 is 50.0 Å². The number of aliphatic hydroxyl groups is 7. The minimum Gasteiger partial charge on any atom is -0.394 e. The van der Waals surface area contributed by atoms with Crippen LogP contribution in [0.5, 0.6) is 0 Å². The highest BCUT2D eigenvalue weighted by molar-refractivity contribution is 5.80. The summed E-state index contributed by atoms with van der Waals surface area (Å²) in [6, 6.07) is -1.16. The zero-order valence-electron chi connectivity index (χ0n) is 37.3. The smallest absolute Gasteiger partial charge is 0.249 e. The van der Waals surface area contributed by atoms with Gasteiger partial charge in [-0.25, -0.2) is 0 Å². The van der Waals surface area contributed by atoms with E-state index < -0.39 is 74.2 Å². The predicted octanol–water partition coefficient (Wildman–Crippen LogP) is 8.28. The van der Waals surface area contributed by atoms with Crippen LogP contribution in [0, 0.1) is 0 Å². The van der Waals surface area contributed by atoms with Gasteiger partial charge in [-0.2, -0.15) is 0 Å². The minimum atomic E-state index is -1.65. The average Bonchev–Trinajstić information content (AvgIpc) is 3.22. The Morgan fingerprint density at radius 3 is 1.28 bits per heavy atom. The molecule has 0 aromatic carbocycles. The first-order valence-corrected chi connectivity index (χ1v) is 24.4. The topological polar surface area (TPSA) is 189 Å². The molecule has 1 aliphatic rings. The van der Waals surface area contributed by atoms with Gasteiger partial charge in [-0.1, -0.05) is 213 Å². The summed E-state index contributed by atoms with van der Waals surface area (Å²) < 4.78 is 11.0. The molecule has 9 unspecified atom stereocenters. The second-order valence-electron chi connectivity index (χ2n) is 17.5. The molecule has 8 N–H and O–H groups in total. The molecule has 0 spiro atoms. The molecule has 58 heavy (non-hydrogen) atoms. The molecule has 1 amide bonds. The van der Waals surface area contributed by atoms with Crippen LogP contribution in [0.25, 0.3) is 0 Å². The van der Waals surface area contributed by atoms with Crippen LogP contribution in [0.4, 0.5) is 0 Å². The zero-order chi connectivity index (χ0) is 42.6. The Labute approximate surface area is 354 Å². The van der Waals surface area contributed by atoms with Gasteiger partial charge < -0.3 is 50.5 Å². The van der Waals surface area contributed by atoms with Gasteiger partial charge in [-0.15, -0.1) is 0 Å². The fourth-order valence-corrected chi connectivity index (χ4v) is 8.09. The number of amides is 1. The Bertz CT molecular complexity index is 913. The third-order valence-corrected chi connectivity index (χ3v) is 12.2. The highest BCUT2D eigenvalue weighted by Crippen LogP contribution is 2.23. The van der Waals surface area contributed by atoms with E-state index in [0.717, 1.165) is 44.9 Å². The molecular formula is C47H93NO10. The quantitative estimate of drug-likeness (QED) is 0.0279. The molecule has 0 aliphatic carbocycles. The molecule has 1 aliphatic heterocycles. The standard InChI is InChI=1S/C47H93NO10/c1-3-5-7-9-10-11-12-13-14-15-16-17-18-19-20-21-22-23-24-25-26-27-28-29-31-33-35-40(51)46(56)48-38(42(52)39(50)34-32-30-8-6-4-2)37-57-47-45(55)44(54)43(53)41(36-49)58-47/h38-45,47,49-55H,3-37H2,1-2H3,(H,48,56). The van der Waals surface area contributed by atoms with Crippen LogP contribution in [-0.2, 0) is 14.3 Å². The fourth-order valence-electron chi connectivity index (χ4n) is 8.09. The van der Waals surface area contributed by atoms with E-state index in [0.29, 0.717) is 19.3 Å².